The van der Waals surface area contributed by atoms with Crippen molar-refractivity contribution in [2.24, 2.45) is 0 Å². The van der Waals surface area contributed by atoms with Gasteiger partial charge in [-0.15, -0.1) is 5.10 Å². The van der Waals surface area contributed by atoms with Gasteiger partial charge in [0.25, 0.3) is 5.56 Å². The van der Waals surface area contributed by atoms with E-state index in [0.29, 0.717) is 23.1 Å². The Hall–Kier alpha value is -3.93. The first kappa shape index (κ1) is 20.8. The van der Waals surface area contributed by atoms with Gasteiger partial charge in [0.05, 0.1) is 19.0 Å². The van der Waals surface area contributed by atoms with Crippen LogP contribution in [0.15, 0.2) is 34.0 Å². The van der Waals surface area contributed by atoms with Crippen LogP contribution in [0.2, 0.25) is 0 Å². The minimum Gasteiger partial charge on any atom is -0.481 e. The van der Waals surface area contributed by atoms with Gasteiger partial charge in [-0.2, -0.15) is 9.94 Å². The summed E-state index contributed by atoms with van der Waals surface area (Å²) in [6.45, 7) is 7.74. The number of benzene rings is 1. The molecule has 0 saturated carbocycles. The number of hydrogen-bond acceptors (Lipinski definition) is 7. The number of ether oxygens (including phenoxy) is 2. The van der Waals surface area contributed by atoms with Crippen LogP contribution in [0.1, 0.15) is 42.1 Å². The number of hydrogen-bond donors (Lipinski definition) is 1. The van der Waals surface area contributed by atoms with Crippen LogP contribution in [0.5, 0.6) is 17.4 Å². The summed E-state index contributed by atoms with van der Waals surface area (Å²) in [6, 6.07) is 6.94. The van der Waals surface area contributed by atoms with E-state index in [0.717, 1.165) is 21.4 Å². The smallest absolute Gasteiger partial charge is 0.349 e. The molecule has 0 aliphatic carbocycles. The first-order valence-corrected chi connectivity index (χ1v) is 9.22. The Morgan fingerprint density at radius 2 is 1.83 bits per heavy atom. The SMILES string of the molecule is COc1ncc(Oc2c(C)cc(-n3nc(C#N)c(=O)[nH]c3=O)cc2C)cc1C(C)C. The monoisotopic (exact) mass is 407 g/mol. The zero-order valence-electron chi connectivity index (χ0n) is 17.3. The Balaban J connectivity index is 2.03. The van der Waals surface area contributed by atoms with E-state index in [4.69, 9.17) is 14.7 Å². The lowest BCUT2D eigenvalue weighted by atomic mass is 10.0. The van der Waals surface area contributed by atoms with Gasteiger partial charge in [0, 0.05) is 5.56 Å². The van der Waals surface area contributed by atoms with E-state index in [1.807, 2.05) is 33.8 Å². The van der Waals surface area contributed by atoms with Crippen LogP contribution in [-0.4, -0.2) is 26.9 Å². The van der Waals surface area contributed by atoms with E-state index in [1.165, 1.54) is 0 Å². The molecule has 0 amide bonds. The summed E-state index contributed by atoms with van der Waals surface area (Å²) in [5, 5.41) is 12.9. The molecule has 1 aromatic carbocycles. The summed E-state index contributed by atoms with van der Waals surface area (Å²) in [6.07, 6.45) is 1.59. The lowest BCUT2D eigenvalue weighted by Crippen LogP contribution is -2.33. The number of aromatic amines is 1. The second-order valence-electron chi connectivity index (χ2n) is 7.07. The first-order valence-electron chi connectivity index (χ1n) is 9.22. The van der Waals surface area contributed by atoms with Gasteiger partial charge < -0.3 is 9.47 Å². The Morgan fingerprint density at radius 3 is 2.40 bits per heavy atom. The van der Waals surface area contributed by atoms with Crippen LogP contribution in [0.25, 0.3) is 5.69 Å². The Kier molecular flexibility index (Phi) is 5.69. The number of nitrogens with one attached hydrogen (secondary N) is 1. The molecule has 0 aliphatic rings. The highest BCUT2D eigenvalue weighted by Gasteiger charge is 2.15. The van der Waals surface area contributed by atoms with Gasteiger partial charge in [-0.1, -0.05) is 13.8 Å². The molecule has 3 rings (SSSR count). The zero-order valence-corrected chi connectivity index (χ0v) is 17.3. The van der Waals surface area contributed by atoms with Crippen LogP contribution in [0.3, 0.4) is 0 Å². The minimum atomic E-state index is -0.819. The number of pyridine rings is 1. The Labute approximate surface area is 172 Å². The summed E-state index contributed by atoms with van der Waals surface area (Å²) in [7, 11) is 1.58. The van der Waals surface area contributed by atoms with E-state index in [-0.39, 0.29) is 5.92 Å². The van der Waals surface area contributed by atoms with Crippen LogP contribution in [0, 0.1) is 25.2 Å². The van der Waals surface area contributed by atoms with Gasteiger partial charge in [-0.05, 0) is 49.1 Å². The lowest BCUT2D eigenvalue weighted by molar-refractivity contribution is 0.386. The summed E-state index contributed by atoms with van der Waals surface area (Å²) in [5.74, 6) is 1.92. The van der Waals surface area contributed by atoms with Gasteiger partial charge in [-0.25, -0.2) is 9.78 Å². The van der Waals surface area contributed by atoms with E-state index >= 15 is 0 Å². The molecule has 2 aromatic heterocycles. The predicted molar refractivity (Wildman–Crippen MR) is 110 cm³/mol. The van der Waals surface area contributed by atoms with Gasteiger partial charge in [0.15, 0.2) is 0 Å². The highest BCUT2D eigenvalue weighted by atomic mass is 16.5. The molecule has 0 spiro atoms. The highest BCUT2D eigenvalue weighted by molar-refractivity contribution is 5.51. The van der Waals surface area contributed by atoms with Gasteiger partial charge >= 0.3 is 5.69 Å². The standard InChI is InChI=1S/C21H21N5O4/c1-11(2)16-8-15(10-23-20(16)29-5)30-18-12(3)6-14(7-13(18)4)26-21(28)24-19(27)17(9-22)25-26/h6-8,10-11H,1-5H3,(H,24,27,28). The molecule has 9 heteroatoms. The molecule has 1 N–H and O–H groups in total. The van der Waals surface area contributed by atoms with Crippen molar-refractivity contribution in [2.45, 2.75) is 33.6 Å². The fraction of sp³-hybridized carbons (Fsp3) is 0.286. The maximum Gasteiger partial charge on any atom is 0.349 e. The second kappa shape index (κ2) is 8.21. The maximum absolute atomic E-state index is 12.2. The number of nitriles is 1. The summed E-state index contributed by atoms with van der Waals surface area (Å²) in [4.78, 5) is 30.1. The second-order valence-corrected chi connectivity index (χ2v) is 7.07. The molecule has 30 heavy (non-hydrogen) atoms. The number of aromatic nitrogens is 4. The van der Waals surface area contributed by atoms with Crippen molar-refractivity contribution < 1.29 is 9.47 Å². The summed E-state index contributed by atoms with van der Waals surface area (Å²) < 4.78 is 12.4. The van der Waals surface area contributed by atoms with E-state index in [1.54, 1.807) is 31.5 Å². The summed E-state index contributed by atoms with van der Waals surface area (Å²) >= 11 is 0. The number of nitrogens with zero attached hydrogens (tertiary/aromatic N) is 4. The van der Waals surface area contributed by atoms with E-state index < -0.39 is 16.9 Å². The van der Waals surface area contributed by atoms with E-state index in [2.05, 4.69) is 15.1 Å². The van der Waals surface area contributed by atoms with Crippen molar-refractivity contribution in [3.05, 3.63) is 67.6 Å². The van der Waals surface area contributed by atoms with Crippen molar-refractivity contribution in [3.63, 3.8) is 0 Å². The molecule has 0 radical (unpaired) electrons. The average Bonchev–Trinajstić information content (AvgIpc) is 2.70. The van der Waals surface area contributed by atoms with Gasteiger partial charge in [0.1, 0.15) is 17.6 Å². The van der Waals surface area contributed by atoms with Crippen molar-refractivity contribution in [1.29, 1.82) is 5.26 Å². The number of H-pyrrole nitrogens is 1. The highest BCUT2D eigenvalue weighted by Crippen LogP contribution is 2.33. The summed E-state index contributed by atoms with van der Waals surface area (Å²) in [5.41, 5.74) is 0.875. The molecule has 0 fully saturated rings. The minimum absolute atomic E-state index is 0.202. The molecule has 0 bridgehead atoms. The third-order valence-electron chi connectivity index (χ3n) is 4.51. The number of rotatable bonds is 5. The van der Waals surface area contributed by atoms with Crippen molar-refractivity contribution in [2.75, 3.05) is 7.11 Å². The molecular formula is C21H21N5O4. The topological polar surface area (TPSA) is 123 Å². The fourth-order valence-electron chi connectivity index (χ4n) is 3.07. The third kappa shape index (κ3) is 3.93. The molecule has 0 aliphatic heterocycles. The van der Waals surface area contributed by atoms with Crippen molar-refractivity contribution in [3.8, 4) is 29.1 Å². The normalized spacial score (nSPS) is 10.7. The largest absolute Gasteiger partial charge is 0.481 e. The van der Waals surface area contributed by atoms with Crippen molar-refractivity contribution >= 4 is 0 Å². The van der Waals surface area contributed by atoms with E-state index in [9.17, 15) is 9.59 Å². The quantitative estimate of drug-likeness (QED) is 0.690. The maximum atomic E-state index is 12.2. The molecule has 0 atom stereocenters. The van der Waals surface area contributed by atoms with Gasteiger partial charge in [-0.3, -0.25) is 9.78 Å². The van der Waals surface area contributed by atoms with Crippen LogP contribution >= 0.6 is 0 Å². The lowest BCUT2D eigenvalue weighted by Gasteiger charge is -2.16. The number of aryl methyl sites for hydroxylation is 2. The van der Waals surface area contributed by atoms with Crippen molar-refractivity contribution in [1.82, 2.24) is 19.7 Å². The predicted octanol–water partition coefficient (Wildman–Crippen LogP) is 2.73. The average molecular weight is 407 g/mol. The molecular weight excluding hydrogens is 386 g/mol. The third-order valence-corrected chi connectivity index (χ3v) is 4.51. The molecule has 9 nitrogen and oxygen atoms in total. The Morgan fingerprint density at radius 1 is 1.17 bits per heavy atom. The molecule has 0 unspecified atom stereocenters. The van der Waals surface area contributed by atoms with Crippen LogP contribution < -0.4 is 20.7 Å². The van der Waals surface area contributed by atoms with Gasteiger partial charge in [0.2, 0.25) is 11.6 Å². The van der Waals surface area contributed by atoms with Crippen LogP contribution in [-0.2, 0) is 0 Å². The molecule has 154 valence electrons. The molecule has 2 heterocycles. The molecule has 3 aromatic rings. The zero-order chi connectivity index (χ0) is 22.0. The first-order chi connectivity index (χ1) is 14.2. The Bertz CT molecular complexity index is 1240. The molecule has 0 saturated heterocycles. The number of methoxy groups -OCH3 is 1. The fourth-order valence-corrected chi connectivity index (χ4v) is 3.07. The van der Waals surface area contributed by atoms with Crippen LogP contribution in [0.4, 0.5) is 0 Å².